The minimum absolute atomic E-state index is 0.0389. The van der Waals surface area contributed by atoms with E-state index in [0.717, 1.165) is 0 Å². The zero-order chi connectivity index (χ0) is 13.7. The molecule has 0 radical (unpaired) electrons. The third-order valence-corrected chi connectivity index (χ3v) is 3.10. The zero-order valence-electron chi connectivity index (χ0n) is 10.1. The first-order chi connectivity index (χ1) is 8.49. The van der Waals surface area contributed by atoms with E-state index in [9.17, 15) is 13.6 Å². The van der Waals surface area contributed by atoms with Gasteiger partial charge in [-0.15, -0.1) is 0 Å². The molecule has 18 heavy (non-hydrogen) atoms. The number of alkyl halides is 2. The smallest absolute Gasteiger partial charge is 0.387 e. The van der Waals surface area contributed by atoms with Crippen LogP contribution in [-0.2, 0) is 0 Å². The Kier molecular flexibility index (Phi) is 5.53. The summed E-state index contributed by atoms with van der Waals surface area (Å²) in [5, 5.41) is 0. The Hall–Kier alpha value is -1.17. The van der Waals surface area contributed by atoms with E-state index in [1.807, 2.05) is 13.8 Å². The summed E-state index contributed by atoms with van der Waals surface area (Å²) < 4.78 is 29.1. The predicted molar refractivity (Wildman–Crippen MR) is 68.0 cm³/mol. The van der Waals surface area contributed by atoms with Crippen molar-refractivity contribution in [1.29, 1.82) is 0 Å². The van der Waals surface area contributed by atoms with Gasteiger partial charge in [-0.25, -0.2) is 0 Å². The molecule has 0 atom stereocenters. The van der Waals surface area contributed by atoms with Crippen molar-refractivity contribution in [2.45, 2.75) is 20.5 Å². The first-order valence-electron chi connectivity index (χ1n) is 5.53. The Labute approximate surface area is 113 Å². The summed E-state index contributed by atoms with van der Waals surface area (Å²) in [4.78, 5) is 13.6. The van der Waals surface area contributed by atoms with Gasteiger partial charge in [-0.2, -0.15) is 8.78 Å². The highest BCUT2D eigenvalue weighted by Gasteiger charge is 2.16. The van der Waals surface area contributed by atoms with Crippen LogP contribution in [0.15, 0.2) is 22.7 Å². The van der Waals surface area contributed by atoms with Crippen molar-refractivity contribution >= 4 is 21.8 Å². The number of carbonyl (C=O) groups excluding carboxylic acids is 1. The summed E-state index contributed by atoms with van der Waals surface area (Å²) in [6.45, 7) is 1.93. The molecular formula is C12H14BrF2NO2. The molecule has 1 amide bonds. The lowest BCUT2D eigenvalue weighted by Gasteiger charge is -2.19. The van der Waals surface area contributed by atoms with Crippen molar-refractivity contribution < 1.29 is 18.3 Å². The van der Waals surface area contributed by atoms with Crippen LogP contribution in [0, 0.1) is 0 Å². The number of rotatable bonds is 5. The Bertz CT molecular complexity index is 423. The van der Waals surface area contributed by atoms with Gasteiger partial charge in [0.15, 0.2) is 0 Å². The number of ether oxygens (including phenoxy) is 1. The summed E-state index contributed by atoms with van der Waals surface area (Å²) in [6, 6.07) is 4.41. The van der Waals surface area contributed by atoms with Crippen molar-refractivity contribution in [3.63, 3.8) is 0 Å². The minimum atomic E-state index is -2.92. The molecule has 1 aromatic rings. The van der Waals surface area contributed by atoms with Gasteiger partial charge in [0.1, 0.15) is 5.75 Å². The second kappa shape index (κ2) is 6.68. The molecule has 1 rings (SSSR count). The number of benzene rings is 1. The maximum Gasteiger partial charge on any atom is 0.387 e. The van der Waals surface area contributed by atoms with Gasteiger partial charge in [-0.1, -0.05) is 0 Å². The van der Waals surface area contributed by atoms with E-state index < -0.39 is 6.61 Å². The molecule has 0 bridgehead atoms. The van der Waals surface area contributed by atoms with Crippen LogP contribution in [0.4, 0.5) is 8.78 Å². The molecule has 0 aromatic heterocycles. The van der Waals surface area contributed by atoms with Gasteiger partial charge in [0.05, 0.1) is 4.47 Å². The molecule has 0 unspecified atom stereocenters. The molecule has 6 heteroatoms. The maximum atomic E-state index is 12.2. The minimum Gasteiger partial charge on any atom is -0.434 e. The number of amides is 1. The Balaban J connectivity index is 3.00. The van der Waals surface area contributed by atoms with Crippen LogP contribution in [0.5, 0.6) is 5.75 Å². The molecule has 100 valence electrons. The van der Waals surface area contributed by atoms with Gasteiger partial charge in [0.25, 0.3) is 5.91 Å². The van der Waals surface area contributed by atoms with Gasteiger partial charge in [-0.05, 0) is 48.0 Å². The monoisotopic (exact) mass is 321 g/mol. The highest BCUT2D eigenvalue weighted by molar-refractivity contribution is 9.10. The van der Waals surface area contributed by atoms with Crippen LogP contribution in [0.25, 0.3) is 0 Å². The molecule has 0 saturated carbocycles. The fourth-order valence-electron chi connectivity index (χ4n) is 1.52. The van der Waals surface area contributed by atoms with Crippen LogP contribution < -0.4 is 4.74 Å². The summed E-state index contributed by atoms with van der Waals surface area (Å²) in [5.41, 5.74) is 0.331. The fraction of sp³-hybridized carbons (Fsp3) is 0.417. The molecule has 0 heterocycles. The third-order valence-electron chi connectivity index (χ3n) is 2.44. The number of halogens is 3. The molecule has 0 N–H and O–H groups in total. The van der Waals surface area contributed by atoms with E-state index in [4.69, 9.17) is 0 Å². The van der Waals surface area contributed by atoms with Gasteiger partial charge in [0.2, 0.25) is 0 Å². The molecular weight excluding hydrogens is 308 g/mol. The van der Waals surface area contributed by atoms with Gasteiger partial charge < -0.3 is 9.64 Å². The average Bonchev–Trinajstić information content (AvgIpc) is 2.32. The Morgan fingerprint density at radius 2 is 2.00 bits per heavy atom. The van der Waals surface area contributed by atoms with Crippen LogP contribution in [0.2, 0.25) is 0 Å². The van der Waals surface area contributed by atoms with E-state index in [2.05, 4.69) is 20.7 Å². The lowest BCUT2D eigenvalue weighted by molar-refractivity contribution is -0.0504. The molecule has 0 fully saturated rings. The molecule has 0 saturated heterocycles. The van der Waals surface area contributed by atoms with E-state index in [-0.39, 0.29) is 11.7 Å². The van der Waals surface area contributed by atoms with E-state index in [0.29, 0.717) is 23.1 Å². The van der Waals surface area contributed by atoms with Crippen LogP contribution >= 0.6 is 15.9 Å². The number of nitrogens with zero attached hydrogens (tertiary/aromatic N) is 1. The van der Waals surface area contributed by atoms with Crippen molar-refractivity contribution in [2.75, 3.05) is 13.1 Å². The normalized spacial score (nSPS) is 10.6. The summed E-state index contributed by atoms with van der Waals surface area (Å²) in [6.07, 6.45) is 0. The number of hydrogen-bond donors (Lipinski definition) is 0. The Morgan fingerprint density at radius 1 is 1.39 bits per heavy atom. The number of carbonyl (C=O) groups is 1. The second-order valence-corrected chi connectivity index (χ2v) is 4.36. The highest BCUT2D eigenvalue weighted by Crippen LogP contribution is 2.28. The SMILES string of the molecule is CCN(CC)C(=O)c1ccc(Br)c(OC(F)F)c1. The molecule has 0 aliphatic carbocycles. The molecule has 3 nitrogen and oxygen atoms in total. The van der Waals surface area contributed by atoms with E-state index >= 15 is 0 Å². The predicted octanol–water partition coefficient (Wildman–Crippen LogP) is 3.53. The summed E-state index contributed by atoms with van der Waals surface area (Å²) in [5.74, 6) is -0.241. The van der Waals surface area contributed by atoms with Gasteiger partial charge in [0, 0.05) is 18.7 Å². The topological polar surface area (TPSA) is 29.5 Å². The lowest BCUT2D eigenvalue weighted by Crippen LogP contribution is -2.30. The van der Waals surface area contributed by atoms with E-state index in [1.165, 1.54) is 12.1 Å². The fourth-order valence-corrected chi connectivity index (χ4v) is 1.86. The maximum absolute atomic E-state index is 12.2. The van der Waals surface area contributed by atoms with E-state index in [1.54, 1.807) is 11.0 Å². The Morgan fingerprint density at radius 3 is 2.50 bits per heavy atom. The summed E-state index contributed by atoms with van der Waals surface area (Å²) in [7, 11) is 0. The van der Waals surface area contributed by atoms with Gasteiger partial charge in [-0.3, -0.25) is 4.79 Å². The van der Waals surface area contributed by atoms with Crippen LogP contribution in [-0.4, -0.2) is 30.5 Å². The first-order valence-corrected chi connectivity index (χ1v) is 6.32. The largest absolute Gasteiger partial charge is 0.434 e. The van der Waals surface area contributed by atoms with Crippen LogP contribution in [0.3, 0.4) is 0 Å². The summed E-state index contributed by atoms with van der Waals surface area (Å²) >= 11 is 3.10. The van der Waals surface area contributed by atoms with Crippen molar-refractivity contribution in [3.05, 3.63) is 28.2 Å². The number of hydrogen-bond acceptors (Lipinski definition) is 2. The lowest BCUT2D eigenvalue weighted by atomic mass is 10.2. The van der Waals surface area contributed by atoms with Crippen molar-refractivity contribution in [1.82, 2.24) is 4.90 Å². The quantitative estimate of drug-likeness (QED) is 0.830. The van der Waals surface area contributed by atoms with Crippen molar-refractivity contribution in [2.24, 2.45) is 0 Å². The first kappa shape index (κ1) is 14.9. The average molecular weight is 322 g/mol. The van der Waals surface area contributed by atoms with Crippen molar-refractivity contribution in [3.8, 4) is 5.75 Å². The highest BCUT2D eigenvalue weighted by atomic mass is 79.9. The molecule has 0 spiro atoms. The van der Waals surface area contributed by atoms with Crippen LogP contribution in [0.1, 0.15) is 24.2 Å². The molecule has 0 aliphatic heterocycles. The zero-order valence-corrected chi connectivity index (χ0v) is 11.7. The molecule has 1 aromatic carbocycles. The molecule has 0 aliphatic rings. The third kappa shape index (κ3) is 3.66. The second-order valence-electron chi connectivity index (χ2n) is 3.50. The van der Waals surface area contributed by atoms with Gasteiger partial charge >= 0.3 is 6.61 Å². The standard InChI is InChI=1S/C12H14BrF2NO2/c1-3-16(4-2)11(17)8-5-6-9(13)10(7-8)18-12(14)15/h5-7,12H,3-4H2,1-2H3.